The Morgan fingerprint density at radius 1 is 1.00 bits per heavy atom. The molecule has 2 atom stereocenters. The Kier molecular flexibility index (Phi) is 8.97. The molecule has 0 bridgehead atoms. The number of alkyl carbamates (subject to hydrolysis) is 1. The quantitative estimate of drug-likeness (QED) is 0.401. The first-order chi connectivity index (χ1) is 18.6. The van der Waals surface area contributed by atoms with Gasteiger partial charge in [0.25, 0.3) is 5.91 Å². The van der Waals surface area contributed by atoms with E-state index in [9.17, 15) is 14.4 Å². The number of amides is 3. The molecule has 0 spiro atoms. The number of carbonyl (C=O) groups is 3. The Labute approximate surface area is 234 Å². The number of nitrogens with one attached hydrogen (secondary N) is 2. The van der Waals surface area contributed by atoms with Crippen LogP contribution in [0.3, 0.4) is 0 Å². The minimum absolute atomic E-state index is 0.102. The predicted octanol–water partition coefficient (Wildman–Crippen LogP) is 5.64. The van der Waals surface area contributed by atoms with Gasteiger partial charge in [-0.3, -0.25) is 9.59 Å². The van der Waals surface area contributed by atoms with Crippen LogP contribution in [0.25, 0.3) is 11.1 Å². The van der Waals surface area contributed by atoms with Gasteiger partial charge in [0.15, 0.2) is 0 Å². The van der Waals surface area contributed by atoms with Gasteiger partial charge in [-0.15, -0.1) is 11.8 Å². The van der Waals surface area contributed by atoms with Crippen molar-refractivity contribution in [3.05, 3.63) is 84.4 Å². The Hall–Kier alpha value is -3.78. The van der Waals surface area contributed by atoms with E-state index in [0.29, 0.717) is 12.3 Å². The molecule has 4 rings (SSSR count). The second-order valence-electron chi connectivity index (χ2n) is 10.6. The molecule has 1 aliphatic rings. The summed E-state index contributed by atoms with van der Waals surface area (Å²) in [7, 11) is 0. The monoisotopic (exact) mass is 545 g/mol. The molecule has 1 heterocycles. The van der Waals surface area contributed by atoms with Crippen LogP contribution >= 0.6 is 11.8 Å². The average Bonchev–Trinajstić information content (AvgIpc) is 3.04. The van der Waals surface area contributed by atoms with E-state index in [1.807, 2.05) is 54.6 Å². The lowest BCUT2D eigenvalue weighted by Gasteiger charge is -2.27. The van der Waals surface area contributed by atoms with Crippen molar-refractivity contribution in [3.63, 3.8) is 0 Å². The summed E-state index contributed by atoms with van der Waals surface area (Å²) in [6.45, 7) is 7.52. The van der Waals surface area contributed by atoms with Crippen molar-refractivity contribution in [2.45, 2.75) is 50.8 Å². The van der Waals surface area contributed by atoms with E-state index >= 15 is 0 Å². The summed E-state index contributed by atoms with van der Waals surface area (Å²) in [5.41, 5.74) is 3.38. The average molecular weight is 546 g/mol. The van der Waals surface area contributed by atoms with Gasteiger partial charge in [-0.05, 0) is 55.7 Å². The van der Waals surface area contributed by atoms with E-state index in [0.717, 1.165) is 27.3 Å². The fourth-order valence-electron chi connectivity index (χ4n) is 4.24. The molecule has 3 aromatic carbocycles. The standard InChI is InChI=1S/C31H35N3O4S/c1-21(18-32-30(37)38-31(2,3)4)28(35)33-25-20-39-27-16-9-8-15-26(27)34(29(25)36)19-22-11-10-14-24(17-22)23-12-6-5-7-13-23/h5-17,21,25H,18-20H2,1-4H3,(H,32,37)(H,33,35)/t21-,25+/m0/s1. The third-order valence-electron chi connectivity index (χ3n) is 6.22. The number of fused-ring (bicyclic) bond motifs is 1. The summed E-state index contributed by atoms with van der Waals surface area (Å²) in [6.07, 6.45) is -0.581. The molecule has 1 aliphatic heterocycles. The fraction of sp³-hybridized carbons (Fsp3) is 0.323. The van der Waals surface area contributed by atoms with Gasteiger partial charge in [0.1, 0.15) is 11.6 Å². The lowest BCUT2D eigenvalue weighted by Crippen LogP contribution is -2.51. The van der Waals surface area contributed by atoms with Crippen LogP contribution < -0.4 is 15.5 Å². The molecule has 8 heteroatoms. The highest BCUT2D eigenvalue weighted by Gasteiger charge is 2.33. The van der Waals surface area contributed by atoms with Crippen molar-refractivity contribution < 1.29 is 19.1 Å². The second kappa shape index (κ2) is 12.4. The first-order valence-corrected chi connectivity index (χ1v) is 14.0. The highest BCUT2D eigenvalue weighted by atomic mass is 32.2. The van der Waals surface area contributed by atoms with E-state index in [4.69, 9.17) is 4.74 Å². The number of benzene rings is 3. The zero-order chi connectivity index (χ0) is 28.0. The van der Waals surface area contributed by atoms with Crippen LogP contribution in [0.2, 0.25) is 0 Å². The molecule has 0 aromatic heterocycles. The Balaban J connectivity index is 1.49. The number of carbonyl (C=O) groups excluding carboxylic acids is 3. The minimum atomic E-state index is -0.712. The summed E-state index contributed by atoms with van der Waals surface area (Å²) >= 11 is 1.55. The molecule has 3 amide bonds. The van der Waals surface area contributed by atoms with Gasteiger partial charge in [-0.1, -0.05) is 67.6 Å². The van der Waals surface area contributed by atoms with Crippen molar-refractivity contribution in [2.75, 3.05) is 17.2 Å². The van der Waals surface area contributed by atoms with Crippen LogP contribution in [0.15, 0.2) is 83.8 Å². The normalized spacial score (nSPS) is 16.1. The smallest absolute Gasteiger partial charge is 0.407 e. The van der Waals surface area contributed by atoms with Crippen LogP contribution in [0.4, 0.5) is 10.5 Å². The van der Waals surface area contributed by atoms with Crippen LogP contribution in [-0.4, -0.2) is 41.8 Å². The van der Waals surface area contributed by atoms with Crippen molar-refractivity contribution in [1.29, 1.82) is 0 Å². The minimum Gasteiger partial charge on any atom is -0.444 e. The Bertz CT molecular complexity index is 1320. The zero-order valence-electron chi connectivity index (χ0n) is 22.8. The van der Waals surface area contributed by atoms with Crippen molar-refractivity contribution in [2.24, 2.45) is 5.92 Å². The number of ether oxygens (including phenoxy) is 1. The SMILES string of the molecule is C[C@@H](CNC(=O)OC(C)(C)C)C(=O)N[C@@H]1CSc2ccccc2N(Cc2cccc(-c3ccccc3)c2)C1=O. The van der Waals surface area contributed by atoms with E-state index in [2.05, 4.69) is 34.9 Å². The third-order valence-corrected chi connectivity index (χ3v) is 7.37. The van der Waals surface area contributed by atoms with Crippen LogP contribution in [0.5, 0.6) is 0 Å². The number of hydrogen-bond donors (Lipinski definition) is 2. The summed E-state index contributed by atoms with van der Waals surface area (Å²) in [5.74, 6) is -0.605. The van der Waals surface area contributed by atoms with Crippen molar-refractivity contribution in [3.8, 4) is 11.1 Å². The van der Waals surface area contributed by atoms with E-state index in [1.54, 1.807) is 44.4 Å². The van der Waals surface area contributed by atoms with Gasteiger partial charge >= 0.3 is 6.09 Å². The summed E-state index contributed by atoms with van der Waals surface area (Å²) in [6, 6.07) is 25.4. The largest absolute Gasteiger partial charge is 0.444 e. The van der Waals surface area contributed by atoms with Crippen LogP contribution in [0.1, 0.15) is 33.3 Å². The highest BCUT2D eigenvalue weighted by molar-refractivity contribution is 7.99. The lowest BCUT2D eigenvalue weighted by atomic mass is 10.0. The van der Waals surface area contributed by atoms with Gasteiger partial charge in [0.2, 0.25) is 5.91 Å². The van der Waals surface area contributed by atoms with Crippen molar-refractivity contribution >= 4 is 35.4 Å². The molecule has 0 aliphatic carbocycles. The fourth-order valence-corrected chi connectivity index (χ4v) is 5.31. The summed E-state index contributed by atoms with van der Waals surface area (Å²) < 4.78 is 5.25. The molecule has 0 saturated heterocycles. The van der Waals surface area contributed by atoms with Crippen LogP contribution in [0, 0.1) is 5.92 Å². The third kappa shape index (κ3) is 7.63. The lowest BCUT2D eigenvalue weighted by molar-refractivity contribution is -0.129. The molecular weight excluding hydrogens is 510 g/mol. The zero-order valence-corrected chi connectivity index (χ0v) is 23.6. The molecule has 0 unspecified atom stereocenters. The first kappa shape index (κ1) is 28.2. The van der Waals surface area contributed by atoms with E-state index < -0.39 is 23.7 Å². The predicted molar refractivity (Wildman–Crippen MR) is 156 cm³/mol. The molecule has 39 heavy (non-hydrogen) atoms. The van der Waals surface area contributed by atoms with Crippen LogP contribution in [-0.2, 0) is 20.9 Å². The van der Waals surface area contributed by atoms with Gasteiger partial charge in [-0.2, -0.15) is 0 Å². The van der Waals surface area contributed by atoms with Crippen molar-refractivity contribution in [1.82, 2.24) is 10.6 Å². The number of para-hydroxylation sites is 1. The summed E-state index contributed by atoms with van der Waals surface area (Å²) in [5, 5.41) is 5.56. The maximum absolute atomic E-state index is 13.9. The van der Waals surface area contributed by atoms with E-state index in [-0.39, 0.29) is 18.4 Å². The second-order valence-corrected chi connectivity index (χ2v) is 11.7. The number of hydrogen-bond acceptors (Lipinski definition) is 5. The molecule has 2 N–H and O–H groups in total. The molecule has 0 radical (unpaired) electrons. The van der Waals surface area contributed by atoms with E-state index in [1.165, 1.54) is 0 Å². The first-order valence-electron chi connectivity index (χ1n) is 13.1. The highest BCUT2D eigenvalue weighted by Crippen LogP contribution is 2.35. The molecule has 0 fully saturated rings. The Morgan fingerprint density at radius 2 is 1.69 bits per heavy atom. The van der Waals surface area contributed by atoms with Gasteiger partial charge in [0.05, 0.1) is 18.2 Å². The molecule has 3 aromatic rings. The number of rotatable bonds is 7. The Morgan fingerprint density at radius 3 is 2.44 bits per heavy atom. The molecule has 0 saturated carbocycles. The van der Waals surface area contributed by atoms with Gasteiger partial charge in [-0.25, -0.2) is 4.79 Å². The topological polar surface area (TPSA) is 87.7 Å². The van der Waals surface area contributed by atoms with Gasteiger partial charge in [0, 0.05) is 17.2 Å². The molecular formula is C31H35N3O4S. The molecule has 204 valence electrons. The molecule has 7 nitrogen and oxygen atoms in total. The number of nitrogens with zero attached hydrogens (tertiary/aromatic N) is 1. The summed E-state index contributed by atoms with van der Waals surface area (Å²) in [4.78, 5) is 41.6. The van der Waals surface area contributed by atoms with Gasteiger partial charge < -0.3 is 20.3 Å². The maximum Gasteiger partial charge on any atom is 0.407 e. The maximum atomic E-state index is 13.9. The number of anilines is 1. The number of thioether (sulfide) groups is 1.